The molecule has 0 saturated heterocycles. The third-order valence-electron chi connectivity index (χ3n) is 5.81. The summed E-state index contributed by atoms with van der Waals surface area (Å²) in [6, 6.07) is 2.23. The Morgan fingerprint density at radius 2 is 1.76 bits per heavy atom. The van der Waals surface area contributed by atoms with Crippen molar-refractivity contribution in [3.63, 3.8) is 0 Å². The predicted molar refractivity (Wildman–Crippen MR) is 144 cm³/mol. The van der Waals surface area contributed by atoms with Crippen molar-refractivity contribution in [1.82, 2.24) is 5.32 Å². The molecule has 41 heavy (non-hydrogen) atoms. The number of aryl methyl sites for hydroxylation is 1. The first-order valence-corrected chi connectivity index (χ1v) is 13.1. The molecular weight excluding hydrogens is 549 g/mol. The van der Waals surface area contributed by atoms with Crippen LogP contribution in [0.25, 0.3) is 11.1 Å². The predicted octanol–water partition coefficient (Wildman–Crippen LogP) is 8.21. The lowest BCUT2D eigenvalue weighted by molar-refractivity contribution is -0.143. The van der Waals surface area contributed by atoms with Crippen LogP contribution in [0, 0.1) is 18.6 Å². The van der Waals surface area contributed by atoms with Crippen LogP contribution in [0.15, 0.2) is 36.9 Å². The number of carbonyl (C=O) groups excluding carboxylic acids is 2. The zero-order valence-electron chi connectivity index (χ0n) is 24.0. The second kappa shape index (κ2) is 13.8. The Bertz CT molecular complexity index is 1250. The number of alkyl halides is 3. The van der Waals surface area contributed by atoms with Gasteiger partial charge in [-0.1, -0.05) is 6.08 Å². The van der Waals surface area contributed by atoms with Gasteiger partial charge >= 0.3 is 18.2 Å². The summed E-state index contributed by atoms with van der Waals surface area (Å²) in [6.45, 7) is 13.0. The molecule has 226 valence electrons. The van der Waals surface area contributed by atoms with Crippen LogP contribution in [0.4, 0.5) is 26.7 Å². The normalized spacial score (nSPS) is 13.2. The molecule has 1 N–H and O–H groups in total. The first kappa shape index (κ1) is 33.6. The van der Waals surface area contributed by atoms with Crippen LogP contribution in [0.1, 0.15) is 76.6 Å². The number of rotatable bonds is 11. The van der Waals surface area contributed by atoms with Gasteiger partial charge in [0.25, 0.3) is 0 Å². The number of allylic oxidation sites excluding steroid dienone is 1. The molecule has 2 rings (SSSR count). The van der Waals surface area contributed by atoms with E-state index in [9.17, 15) is 27.2 Å². The zero-order chi connectivity index (χ0) is 31.1. The van der Waals surface area contributed by atoms with Gasteiger partial charge in [-0.25, -0.2) is 13.6 Å². The Morgan fingerprint density at radius 1 is 1.10 bits per heavy atom. The quantitative estimate of drug-likeness (QED) is 0.163. The second-order valence-corrected chi connectivity index (χ2v) is 10.5. The van der Waals surface area contributed by atoms with E-state index in [4.69, 9.17) is 14.2 Å². The number of carbonyl (C=O) groups is 2. The summed E-state index contributed by atoms with van der Waals surface area (Å²) in [5.74, 6) is -3.30. The summed E-state index contributed by atoms with van der Waals surface area (Å²) in [5.41, 5.74) is -3.10. The van der Waals surface area contributed by atoms with E-state index in [1.54, 1.807) is 33.8 Å². The van der Waals surface area contributed by atoms with Crippen LogP contribution in [-0.4, -0.2) is 30.4 Å². The van der Waals surface area contributed by atoms with E-state index in [0.29, 0.717) is 18.9 Å². The summed E-state index contributed by atoms with van der Waals surface area (Å²) in [7, 11) is 0. The molecule has 6 nitrogen and oxygen atoms in total. The molecule has 2 aromatic carbocycles. The van der Waals surface area contributed by atoms with Gasteiger partial charge in [-0.15, -0.1) is 6.58 Å². The average Bonchev–Trinajstić information content (AvgIpc) is 2.80. The summed E-state index contributed by atoms with van der Waals surface area (Å²) >= 11 is 0. The van der Waals surface area contributed by atoms with Crippen molar-refractivity contribution in [2.45, 2.75) is 84.7 Å². The molecule has 0 spiro atoms. The van der Waals surface area contributed by atoms with Crippen molar-refractivity contribution < 1.29 is 45.8 Å². The topological polar surface area (TPSA) is 73.9 Å². The largest absolute Gasteiger partial charge is 0.490 e. The maximum atomic E-state index is 15.6. The Kier molecular flexibility index (Phi) is 11.3. The van der Waals surface area contributed by atoms with Crippen LogP contribution < -0.4 is 10.1 Å². The molecule has 0 aliphatic carbocycles. The minimum atomic E-state index is -5.15. The highest BCUT2D eigenvalue weighted by Crippen LogP contribution is 2.42. The fraction of sp³-hybridized carbons (Fsp3) is 0.467. The first-order valence-electron chi connectivity index (χ1n) is 13.1. The molecule has 0 fully saturated rings. The second-order valence-electron chi connectivity index (χ2n) is 10.5. The SMILES string of the molecule is C=CCCC(C)Oc1cc(F)cc(C)c1-c1cc([C@H](CC(=O)OCC)NC(=O)OC(C)(C)C)c(F)c(C(F)(F)F)c1. The number of ether oxygens (including phenoxy) is 3. The van der Waals surface area contributed by atoms with E-state index in [-0.39, 0.29) is 29.0 Å². The maximum Gasteiger partial charge on any atom is 0.419 e. The number of esters is 1. The van der Waals surface area contributed by atoms with Crippen molar-refractivity contribution in [1.29, 1.82) is 0 Å². The van der Waals surface area contributed by atoms with E-state index in [0.717, 1.165) is 18.2 Å². The Balaban J connectivity index is 2.80. The van der Waals surface area contributed by atoms with Gasteiger partial charge < -0.3 is 19.5 Å². The molecule has 0 aromatic heterocycles. The standard InChI is InChI=1S/C30H36F5NO5/c1-8-10-11-18(4)40-24-15-20(31)12-17(3)26(24)19-13-21(27(32)22(14-19)30(33,34)35)23(16-25(37)39-9-2)36-28(38)41-29(5,6)7/h8,12-15,18,23H,1,9-11,16H2,2-7H3,(H,36,38)/t18?,23-/m0/s1. The Hall–Kier alpha value is -3.63. The zero-order valence-corrected chi connectivity index (χ0v) is 24.0. The monoisotopic (exact) mass is 585 g/mol. The lowest BCUT2D eigenvalue weighted by Crippen LogP contribution is -2.36. The number of hydrogen-bond acceptors (Lipinski definition) is 5. The van der Waals surface area contributed by atoms with Crippen molar-refractivity contribution in [3.8, 4) is 16.9 Å². The van der Waals surface area contributed by atoms with Gasteiger partial charge in [0.1, 0.15) is 23.0 Å². The van der Waals surface area contributed by atoms with E-state index in [1.807, 2.05) is 0 Å². The summed E-state index contributed by atoms with van der Waals surface area (Å²) in [6.07, 6.45) is -4.63. The van der Waals surface area contributed by atoms with Gasteiger partial charge in [-0.3, -0.25) is 4.79 Å². The molecule has 2 aromatic rings. The van der Waals surface area contributed by atoms with Crippen LogP contribution in [0.2, 0.25) is 0 Å². The molecular formula is C30H36F5NO5. The van der Waals surface area contributed by atoms with Gasteiger partial charge in [-0.05, 0) is 83.7 Å². The Morgan fingerprint density at radius 3 is 2.32 bits per heavy atom. The highest BCUT2D eigenvalue weighted by atomic mass is 19.4. The highest BCUT2D eigenvalue weighted by Gasteiger charge is 2.38. The smallest absolute Gasteiger partial charge is 0.419 e. The third kappa shape index (κ3) is 9.75. The molecule has 0 heterocycles. The number of halogens is 5. The fourth-order valence-corrected chi connectivity index (χ4v) is 4.13. The molecule has 0 saturated carbocycles. The molecule has 0 aliphatic heterocycles. The molecule has 0 radical (unpaired) electrons. The molecule has 1 amide bonds. The average molecular weight is 586 g/mol. The van der Waals surface area contributed by atoms with Gasteiger partial charge in [0.15, 0.2) is 0 Å². The number of benzene rings is 2. The van der Waals surface area contributed by atoms with Crippen LogP contribution in [-0.2, 0) is 20.4 Å². The van der Waals surface area contributed by atoms with Crippen LogP contribution >= 0.6 is 0 Å². The summed E-state index contributed by atoms with van der Waals surface area (Å²) in [5, 5.41) is 2.30. The van der Waals surface area contributed by atoms with Gasteiger partial charge in [-0.2, -0.15) is 13.2 Å². The first-order chi connectivity index (χ1) is 19.0. The van der Waals surface area contributed by atoms with Gasteiger partial charge in [0.2, 0.25) is 0 Å². The molecule has 11 heteroatoms. The van der Waals surface area contributed by atoms with Crippen LogP contribution in [0.5, 0.6) is 5.75 Å². The van der Waals surface area contributed by atoms with Crippen molar-refractivity contribution in [2.24, 2.45) is 0 Å². The summed E-state index contributed by atoms with van der Waals surface area (Å²) in [4.78, 5) is 25.0. The van der Waals surface area contributed by atoms with Crippen LogP contribution in [0.3, 0.4) is 0 Å². The molecule has 1 unspecified atom stereocenters. The van der Waals surface area contributed by atoms with Gasteiger partial charge in [0.05, 0.1) is 30.7 Å². The van der Waals surface area contributed by atoms with Gasteiger partial charge in [0, 0.05) is 17.2 Å². The van der Waals surface area contributed by atoms with Crippen molar-refractivity contribution in [2.75, 3.05) is 6.61 Å². The minimum Gasteiger partial charge on any atom is -0.490 e. The molecule has 0 aliphatic rings. The lowest BCUT2D eigenvalue weighted by atomic mass is 9.91. The number of nitrogens with one attached hydrogen (secondary N) is 1. The number of amides is 1. The maximum absolute atomic E-state index is 15.6. The van der Waals surface area contributed by atoms with E-state index in [2.05, 4.69) is 11.9 Å². The van der Waals surface area contributed by atoms with E-state index >= 15 is 4.39 Å². The summed E-state index contributed by atoms with van der Waals surface area (Å²) < 4.78 is 88.4. The molecule has 2 atom stereocenters. The number of hydrogen-bond donors (Lipinski definition) is 1. The fourth-order valence-electron chi connectivity index (χ4n) is 4.13. The van der Waals surface area contributed by atoms with Crippen molar-refractivity contribution >= 4 is 12.1 Å². The Labute approximate surface area is 236 Å². The molecule has 0 bridgehead atoms. The third-order valence-corrected chi connectivity index (χ3v) is 5.81. The van der Waals surface area contributed by atoms with E-state index in [1.165, 1.54) is 13.8 Å². The van der Waals surface area contributed by atoms with Crippen molar-refractivity contribution in [3.05, 3.63) is 65.2 Å². The highest BCUT2D eigenvalue weighted by molar-refractivity contribution is 5.77. The lowest BCUT2D eigenvalue weighted by Gasteiger charge is -2.25. The van der Waals surface area contributed by atoms with E-state index < -0.39 is 65.2 Å². The number of alkyl carbamates (subject to hydrolysis) is 1. The minimum absolute atomic E-state index is 0.0478.